The molecule has 6 nitrogen and oxygen atoms in total. The minimum absolute atomic E-state index is 0.0870. The molecule has 7 heteroatoms. The van der Waals surface area contributed by atoms with Crippen LogP contribution in [0, 0.1) is 5.95 Å². The molecular formula is C19H12FN5O. The van der Waals surface area contributed by atoms with E-state index in [0.717, 1.165) is 5.69 Å². The summed E-state index contributed by atoms with van der Waals surface area (Å²) in [7, 11) is 0. The number of nitrogens with zero attached hydrogens (tertiary/aromatic N) is 5. The fourth-order valence-corrected chi connectivity index (χ4v) is 2.55. The van der Waals surface area contributed by atoms with Gasteiger partial charge in [0.25, 0.3) is 0 Å². The summed E-state index contributed by atoms with van der Waals surface area (Å²) in [4.78, 5) is 28.1. The summed E-state index contributed by atoms with van der Waals surface area (Å²) in [5.74, 6) is -0.810. The van der Waals surface area contributed by atoms with Crippen LogP contribution in [0.3, 0.4) is 0 Å². The lowest BCUT2D eigenvalue weighted by atomic mass is 10.1. The normalized spacial score (nSPS) is 10.7. The van der Waals surface area contributed by atoms with Gasteiger partial charge >= 0.3 is 0 Å². The molecule has 0 atom stereocenters. The first kappa shape index (κ1) is 15.8. The van der Waals surface area contributed by atoms with Crippen molar-refractivity contribution in [2.24, 2.45) is 0 Å². The maximum Gasteiger partial charge on any atom is 0.250 e. The first-order valence-corrected chi connectivity index (χ1v) is 7.79. The van der Waals surface area contributed by atoms with Crippen molar-refractivity contribution in [2.75, 3.05) is 0 Å². The largest absolute Gasteiger partial charge is 0.306 e. The van der Waals surface area contributed by atoms with Crippen LogP contribution in [0.5, 0.6) is 0 Å². The minimum Gasteiger partial charge on any atom is -0.306 e. The van der Waals surface area contributed by atoms with Crippen molar-refractivity contribution in [3.05, 3.63) is 91.0 Å². The molecule has 0 bridgehead atoms. The number of rotatable bonds is 4. The zero-order valence-electron chi connectivity index (χ0n) is 13.5. The first-order valence-electron chi connectivity index (χ1n) is 7.79. The van der Waals surface area contributed by atoms with Crippen LogP contribution in [0.25, 0.3) is 16.8 Å². The summed E-state index contributed by atoms with van der Waals surface area (Å²) in [5, 5.41) is 0. The lowest BCUT2D eigenvalue weighted by molar-refractivity contribution is 0.102. The summed E-state index contributed by atoms with van der Waals surface area (Å²) in [6, 6.07) is 12.2. The van der Waals surface area contributed by atoms with Gasteiger partial charge in [-0.1, -0.05) is 12.1 Å². The van der Waals surface area contributed by atoms with Gasteiger partial charge in [0, 0.05) is 36.0 Å². The molecule has 1 aromatic carbocycles. The number of carbonyl (C=O) groups excluding carboxylic acids is 1. The highest BCUT2D eigenvalue weighted by Crippen LogP contribution is 2.23. The number of hydrogen-bond acceptors (Lipinski definition) is 5. The standard InChI is InChI=1S/C19H12FN5O/c20-18-15(6-2-7-21-18)13-4-1-5-14(10-13)25-11-16(24-12-25)17(26)19-22-8-3-9-23-19/h1-12H. The Bertz CT molecular complexity index is 1080. The lowest BCUT2D eigenvalue weighted by Gasteiger charge is -2.06. The molecule has 26 heavy (non-hydrogen) atoms. The Morgan fingerprint density at radius 3 is 2.54 bits per heavy atom. The molecule has 0 saturated carbocycles. The Hall–Kier alpha value is -3.74. The Balaban J connectivity index is 1.67. The Labute approximate surface area is 148 Å². The van der Waals surface area contributed by atoms with Gasteiger partial charge in [0.15, 0.2) is 0 Å². The van der Waals surface area contributed by atoms with Gasteiger partial charge in [-0.05, 0) is 35.9 Å². The average molecular weight is 345 g/mol. The molecule has 0 aliphatic rings. The van der Waals surface area contributed by atoms with E-state index in [1.807, 2.05) is 6.07 Å². The van der Waals surface area contributed by atoms with Crippen LogP contribution < -0.4 is 0 Å². The zero-order valence-corrected chi connectivity index (χ0v) is 13.5. The maximum atomic E-state index is 13.9. The molecular weight excluding hydrogens is 333 g/mol. The number of carbonyl (C=O) groups is 1. The minimum atomic E-state index is -0.535. The van der Waals surface area contributed by atoms with Gasteiger partial charge in [0.1, 0.15) is 12.0 Å². The van der Waals surface area contributed by atoms with Gasteiger partial charge in [-0.15, -0.1) is 0 Å². The SMILES string of the molecule is O=C(c1cn(-c2cccc(-c3cccnc3F)c2)cn1)c1ncccn1. The highest BCUT2D eigenvalue weighted by Gasteiger charge is 2.15. The fraction of sp³-hybridized carbons (Fsp3) is 0. The molecule has 3 aromatic heterocycles. The molecule has 4 aromatic rings. The molecule has 0 aliphatic carbocycles. The average Bonchev–Trinajstić information content (AvgIpc) is 3.19. The van der Waals surface area contributed by atoms with E-state index >= 15 is 0 Å². The molecule has 0 saturated heterocycles. The van der Waals surface area contributed by atoms with E-state index in [1.54, 1.807) is 47.2 Å². The predicted octanol–water partition coefficient (Wildman–Crippen LogP) is 3.09. The van der Waals surface area contributed by atoms with Crippen LogP contribution in [0.15, 0.2) is 73.6 Å². The Kier molecular flexibility index (Phi) is 4.03. The summed E-state index contributed by atoms with van der Waals surface area (Å²) in [6.07, 6.45) is 7.53. The highest BCUT2D eigenvalue weighted by atomic mass is 19.1. The summed E-state index contributed by atoms with van der Waals surface area (Å²) < 4.78 is 15.6. The van der Waals surface area contributed by atoms with Crippen LogP contribution in [0.4, 0.5) is 4.39 Å². The Morgan fingerprint density at radius 1 is 0.923 bits per heavy atom. The van der Waals surface area contributed by atoms with Crippen LogP contribution in [0.1, 0.15) is 16.3 Å². The van der Waals surface area contributed by atoms with E-state index < -0.39 is 5.95 Å². The third-order valence-electron chi connectivity index (χ3n) is 3.80. The molecule has 0 amide bonds. The third kappa shape index (κ3) is 2.98. The Morgan fingerprint density at radius 2 is 1.73 bits per heavy atom. The molecule has 0 radical (unpaired) electrons. The van der Waals surface area contributed by atoms with Crippen LogP contribution in [-0.2, 0) is 0 Å². The topological polar surface area (TPSA) is 73.6 Å². The monoisotopic (exact) mass is 345 g/mol. The van der Waals surface area contributed by atoms with Gasteiger partial charge < -0.3 is 4.57 Å². The summed E-state index contributed by atoms with van der Waals surface area (Å²) >= 11 is 0. The molecule has 0 spiro atoms. The van der Waals surface area contributed by atoms with Crippen molar-refractivity contribution in [2.45, 2.75) is 0 Å². The molecule has 126 valence electrons. The smallest absolute Gasteiger partial charge is 0.250 e. The van der Waals surface area contributed by atoms with Crippen LogP contribution in [-0.4, -0.2) is 30.3 Å². The van der Waals surface area contributed by atoms with Gasteiger partial charge in [-0.25, -0.2) is 19.9 Å². The highest BCUT2D eigenvalue weighted by molar-refractivity contribution is 6.04. The van der Waals surface area contributed by atoms with Gasteiger partial charge in [-0.3, -0.25) is 4.79 Å². The fourth-order valence-electron chi connectivity index (χ4n) is 2.55. The van der Waals surface area contributed by atoms with Crippen LogP contribution in [0.2, 0.25) is 0 Å². The van der Waals surface area contributed by atoms with E-state index in [9.17, 15) is 9.18 Å². The van der Waals surface area contributed by atoms with E-state index in [4.69, 9.17) is 0 Å². The van der Waals surface area contributed by atoms with Crippen molar-refractivity contribution >= 4 is 5.78 Å². The number of ketones is 1. The number of benzene rings is 1. The summed E-state index contributed by atoms with van der Waals surface area (Å²) in [6.45, 7) is 0. The second-order valence-electron chi connectivity index (χ2n) is 5.46. The molecule has 0 unspecified atom stereocenters. The molecule has 0 N–H and O–H groups in total. The second kappa shape index (κ2) is 6.64. The molecule has 4 rings (SSSR count). The van der Waals surface area contributed by atoms with Gasteiger partial charge in [0.2, 0.25) is 17.6 Å². The van der Waals surface area contributed by atoms with E-state index in [-0.39, 0.29) is 17.3 Å². The second-order valence-corrected chi connectivity index (χ2v) is 5.46. The predicted molar refractivity (Wildman–Crippen MR) is 92.2 cm³/mol. The number of aromatic nitrogens is 5. The number of halogens is 1. The van der Waals surface area contributed by atoms with Crippen molar-refractivity contribution in [1.29, 1.82) is 0 Å². The number of imidazole rings is 1. The molecule has 0 fully saturated rings. The van der Waals surface area contributed by atoms with Crippen molar-refractivity contribution in [3.63, 3.8) is 0 Å². The van der Waals surface area contributed by atoms with Crippen LogP contribution >= 0.6 is 0 Å². The number of pyridine rings is 1. The quantitative estimate of drug-likeness (QED) is 0.420. The van der Waals surface area contributed by atoms with Gasteiger partial charge in [-0.2, -0.15) is 4.39 Å². The van der Waals surface area contributed by atoms with Crippen molar-refractivity contribution < 1.29 is 9.18 Å². The maximum absolute atomic E-state index is 13.9. The van der Waals surface area contributed by atoms with Gasteiger partial charge in [0.05, 0.1) is 0 Å². The number of hydrogen-bond donors (Lipinski definition) is 0. The third-order valence-corrected chi connectivity index (χ3v) is 3.80. The van der Waals surface area contributed by atoms with E-state index in [0.29, 0.717) is 11.1 Å². The first-order chi connectivity index (χ1) is 12.7. The van der Waals surface area contributed by atoms with E-state index in [1.165, 1.54) is 24.9 Å². The lowest BCUT2D eigenvalue weighted by Crippen LogP contribution is -2.06. The van der Waals surface area contributed by atoms with Crippen molar-refractivity contribution in [3.8, 4) is 16.8 Å². The zero-order chi connectivity index (χ0) is 17.9. The molecule has 3 heterocycles. The molecule has 0 aliphatic heterocycles. The summed E-state index contributed by atoms with van der Waals surface area (Å²) in [5.41, 5.74) is 2.06. The van der Waals surface area contributed by atoms with Crippen molar-refractivity contribution in [1.82, 2.24) is 24.5 Å². The van der Waals surface area contributed by atoms with E-state index in [2.05, 4.69) is 19.9 Å².